The summed E-state index contributed by atoms with van der Waals surface area (Å²) in [4.78, 5) is 0. The number of phenolic OH excluding ortho intramolecular Hbond substituents is 1. The maximum atomic E-state index is 9.38. The third-order valence-electron chi connectivity index (χ3n) is 3.56. The van der Waals surface area contributed by atoms with Crippen LogP contribution in [0.15, 0.2) is 24.3 Å². The van der Waals surface area contributed by atoms with Crippen molar-refractivity contribution < 1.29 is 9.84 Å². The van der Waals surface area contributed by atoms with E-state index in [1.165, 1.54) is 12.8 Å². The van der Waals surface area contributed by atoms with Crippen LogP contribution in [0.2, 0.25) is 0 Å². The SMILES string of the molecule is CCNC1CCC(OCc2cccc(O)c2)CC1. The van der Waals surface area contributed by atoms with Crippen LogP contribution in [0.25, 0.3) is 0 Å². The topological polar surface area (TPSA) is 41.5 Å². The first-order chi connectivity index (χ1) is 8.78. The Hall–Kier alpha value is -1.06. The number of hydrogen-bond donors (Lipinski definition) is 2. The van der Waals surface area contributed by atoms with Crippen molar-refractivity contribution in [1.29, 1.82) is 0 Å². The van der Waals surface area contributed by atoms with E-state index in [9.17, 15) is 5.11 Å². The van der Waals surface area contributed by atoms with E-state index in [0.29, 0.717) is 24.5 Å². The molecule has 0 aromatic heterocycles. The highest BCUT2D eigenvalue weighted by Gasteiger charge is 2.20. The molecule has 1 saturated carbocycles. The van der Waals surface area contributed by atoms with Gasteiger partial charge in [0.25, 0.3) is 0 Å². The summed E-state index contributed by atoms with van der Waals surface area (Å²) >= 11 is 0. The lowest BCUT2D eigenvalue weighted by atomic mass is 9.93. The highest BCUT2D eigenvalue weighted by Crippen LogP contribution is 2.22. The van der Waals surface area contributed by atoms with E-state index in [-0.39, 0.29) is 0 Å². The maximum absolute atomic E-state index is 9.38. The maximum Gasteiger partial charge on any atom is 0.115 e. The quantitative estimate of drug-likeness (QED) is 0.843. The molecule has 2 rings (SSSR count). The van der Waals surface area contributed by atoms with Gasteiger partial charge in [0, 0.05) is 6.04 Å². The molecular weight excluding hydrogens is 226 g/mol. The van der Waals surface area contributed by atoms with Crippen LogP contribution in [0.5, 0.6) is 5.75 Å². The molecule has 0 aliphatic heterocycles. The Labute approximate surface area is 109 Å². The van der Waals surface area contributed by atoms with E-state index in [4.69, 9.17) is 4.74 Å². The van der Waals surface area contributed by atoms with Crippen molar-refractivity contribution in [2.24, 2.45) is 0 Å². The first-order valence-corrected chi connectivity index (χ1v) is 6.91. The third kappa shape index (κ3) is 4.00. The predicted octanol–water partition coefficient (Wildman–Crippen LogP) is 2.83. The molecule has 3 nitrogen and oxygen atoms in total. The lowest BCUT2D eigenvalue weighted by molar-refractivity contribution is 0.0114. The second-order valence-corrected chi connectivity index (χ2v) is 5.01. The zero-order valence-electron chi connectivity index (χ0n) is 11.1. The molecule has 0 saturated heterocycles. The van der Waals surface area contributed by atoms with Crippen LogP contribution in [0.3, 0.4) is 0 Å². The van der Waals surface area contributed by atoms with Crippen LogP contribution in [0, 0.1) is 0 Å². The minimum atomic E-state index is 0.312. The number of ether oxygens (including phenoxy) is 1. The Balaban J connectivity index is 1.72. The van der Waals surface area contributed by atoms with Crippen LogP contribution in [0.4, 0.5) is 0 Å². The largest absolute Gasteiger partial charge is 0.508 e. The number of aromatic hydroxyl groups is 1. The smallest absolute Gasteiger partial charge is 0.115 e. The molecule has 1 aliphatic rings. The van der Waals surface area contributed by atoms with Crippen molar-refractivity contribution in [1.82, 2.24) is 5.32 Å². The normalized spacial score (nSPS) is 24.1. The third-order valence-corrected chi connectivity index (χ3v) is 3.56. The van der Waals surface area contributed by atoms with E-state index in [1.807, 2.05) is 12.1 Å². The second-order valence-electron chi connectivity index (χ2n) is 5.01. The molecular formula is C15H23NO2. The monoisotopic (exact) mass is 249 g/mol. The molecule has 1 aromatic rings. The standard InChI is InChI=1S/C15H23NO2/c1-2-16-13-6-8-15(9-7-13)18-11-12-4-3-5-14(17)10-12/h3-5,10,13,15-17H,2,6-9,11H2,1H3. The summed E-state index contributed by atoms with van der Waals surface area (Å²) in [6.45, 7) is 3.81. The molecule has 0 bridgehead atoms. The molecule has 1 aliphatic carbocycles. The van der Waals surface area contributed by atoms with Crippen molar-refractivity contribution in [2.75, 3.05) is 6.54 Å². The number of benzene rings is 1. The summed E-state index contributed by atoms with van der Waals surface area (Å²) in [5.41, 5.74) is 1.05. The summed E-state index contributed by atoms with van der Waals surface area (Å²) in [5, 5.41) is 12.9. The predicted molar refractivity (Wildman–Crippen MR) is 72.6 cm³/mol. The molecule has 2 N–H and O–H groups in total. The molecule has 100 valence electrons. The van der Waals surface area contributed by atoms with Gasteiger partial charge in [0.15, 0.2) is 0 Å². The molecule has 0 amide bonds. The van der Waals surface area contributed by atoms with E-state index in [0.717, 1.165) is 24.9 Å². The van der Waals surface area contributed by atoms with Gasteiger partial charge in [0.2, 0.25) is 0 Å². The average molecular weight is 249 g/mol. The fourth-order valence-electron chi connectivity index (χ4n) is 2.58. The van der Waals surface area contributed by atoms with Crippen LogP contribution in [0.1, 0.15) is 38.2 Å². The van der Waals surface area contributed by atoms with Gasteiger partial charge in [-0.25, -0.2) is 0 Å². The van der Waals surface area contributed by atoms with Gasteiger partial charge in [0.1, 0.15) is 5.75 Å². The Morgan fingerprint density at radius 1 is 1.28 bits per heavy atom. The second kappa shape index (κ2) is 6.76. The van der Waals surface area contributed by atoms with Crippen LogP contribution >= 0.6 is 0 Å². The van der Waals surface area contributed by atoms with Gasteiger partial charge in [0.05, 0.1) is 12.7 Å². The van der Waals surface area contributed by atoms with Crippen LogP contribution in [-0.4, -0.2) is 23.8 Å². The molecule has 0 spiro atoms. The van der Waals surface area contributed by atoms with E-state index in [1.54, 1.807) is 12.1 Å². The average Bonchev–Trinajstić information content (AvgIpc) is 2.38. The van der Waals surface area contributed by atoms with Gasteiger partial charge >= 0.3 is 0 Å². The zero-order chi connectivity index (χ0) is 12.8. The fraction of sp³-hybridized carbons (Fsp3) is 0.600. The van der Waals surface area contributed by atoms with Gasteiger partial charge in [-0.15, -0.1) is 0 Å². The van der Waals surface area contributed by atoms with Gasteiger partial charge in [-0.3, -0.25) is 0 Å². The fourth-order valence-corrected chi connectivity index (χ4v) is 2.58. The van der Waals surface area contributed by atoms with E-state index in [2.05, 4.69) is 12.2 Å². The summed E-state index contributed by atoms with van der Waals surface area (Å²) in [6.07, 6.45) is 5.06. The number of nitrogens with one attached hydrogen (secondary N) is 1. The minimum Gasteiger partial charge on any atom is -0.508 e. The Morgan fingerprint density at radius 3 is 2.72 bits per heavy atom. The highest BCUT2D eigenvalue weighted by molar-refractivity contribution is 5.26. The first-order valence-electron chi connectivity index (χ1n) is 6.91. The van der Waals surface area contributed by atoms with Gasteiger partial charge in [-0.05, 0) is 49.9 Å². The lowest BCUT2D eigenvalue weighted by Crippen LogP contribution is -2.35. The van der Waals surface area contributed by atoms with Gasteiger partial charge < -0.3 is 15.2 Å². The number of phenols is 1. The molecule has 1 fully saturated rings. The zero-order valence-corrected chi connectivity index (χ0v) is 11.1. The van der Waals surface area contributed by atoms with Gasteiger partial charge in [-0.1, -0.05) is 19.1 Å². The number of rotatable bonds is 5. The molecule has 0 atom stereocenters. The molecule has 0 radical (unpaired) electrons. The molecule has 18 heavy (non-hydrogen) atoms. The summed E-state index contributed by atoms with van der Waals surface area (Å²) < 4.78 is 5.91. The van der Waals surface area contributed by atoms with Crippen molar-refractivity contribution >= 4 is 0 Å². The Bertz CT molecular complexity index is 359. The van der Waals surface area contributed by atoms with E-state index >= 15 is 0 Å². The molecule has 0 heterocycles. The number of hydrogen-bond acceptors (Lipinski definition) is 3. The highest BCUT2D eigenvalue weighted by atomic mass is 16.5. The van der Waals surface area contributed by atoms with E-state index < -0.39 is 0 Å². The lowest BCUT2D eigenvalue weighted by Gasteiger charge is -2.29. The Morgan fingerprint density at radius 2 is 2.06 bits per heavy atom. The summed E-state index contributed by atoms with van der Waals surface area (Å²) in [5.74, 6) is 0.312. The van der Waals surface area contributed by atoms with Crippen molar-refractivity contribution in [3.8, 4) is 5.75 Å². The first kappa shape index (κ1) is 13.4. The minimum absolute atomic E-state index is 0.312. The summed E-state index contributed by atoms with van der Waals surface area (Å²) in [6, 6.07) is 7.98. The molecule has 3 heteroatoms. The van der Waals surface area contributed by atoms with Gasteiger partial charge in [-0.2, -0.15) is 0 Å². The molecule has 0 unspecified atom stereocenters. The Kier molecular flexibility index (Phi) is 5.02. The molecule has 1 aromatic carbocycles. The van der Waals surface area contributed by atoms with Crippen molar-refractivity contribution in [3.63, 3.8) is 0 Å². The van der Waals surface area contributed by atoms with Crippen LogP contribution < -0.4 is 5.32 Å². The van der Waals surface area contributed by atoms with Crippen molar-refractivity contribution in [3.05, 3.63) is 29.8 Å². The van der Waals surface area contributed by atoms with Crippen LogP contribution in [-0.2, 0) is 11.3 Å². The van der Waals surface area contributed by atoms with Crippen molar-refractivity contribution in [2.45, 2.75) is 51.4 Å². The summed E-state index contributed by atoms with van der Waals surface area (Å²) in [7, 11) is 0.